The van der Waals surface area contributed by atoms with Crippen LogP contribution in [-0.2, 0) is 26.2 Å². The average molecular weight is 566 g/mol. The Labute approximate surface area is 225 Å². The first-order valence-electron chi connectivity index (χ1n) is 11.4. The molecule has 1 unspecified atom stereocenters. The van der Waals surface area contributed by atoms with E-state index in [-0.39, 0.29) is 22.2 Å². The van der Waals surface area contributed by atoms with Crippen molar-refractivity contribution in [2.45, 2.75) is 31.3 Å². The third kappa shape index (κ3) is 7.00. The van der Waals surface area contributed by atoms with Crippen LogP contribution in [0.5, 0.6) is 0 Å². The Kier molecular flexibility index (Phi) is 9.53. The number of likely N-dealkylation sites (N-methyl/N-ethyl adjacent to an activating group) is 1. The number of sulfonamides is 1. The third-order valence-electron chi connectivity index (χ3n) is 5.58. The maximum Gasteiger partial charge on any atom is 0.264 e. The number of hydrogen-bond donors (Lipinski definition) is 1. The lowest BCUT2D eigenvalue weighted by molar-refractivity contribution is -0.139. The van der Waals surface area contributed by atoms with Crippen molar-refractivity contribution in [3.63, 3.8) is 0 Å². The van der Waals surface area contributed by atoms with E-state index in [0.717, 1.165) is 16.4 Å². The summed E-state index contributed by atoms with van der Waals surface area (Å²) in [7, 11) is -4.21. The van der Waals surface area contributed by atoms with Gasteiger partial charge in [-0.15, -0.1) is 0 Å². The smallest absolute Gasteiger partial charge is 0.264 e. The predicted octanol–water partition coefficient (Wildman–Crippen LogP) is 4.88. The van der Waals surface area contributed by atoms with Gasteiger partial charge in [0.1, 0.15) is 18.4 Å². The maximum absolute atomic E-state index is 13.7. The van der Waals surface area contributed by atoms with Gasteiger partial charge in [0.2, 0.25) is 11.8 Å². The molecule has 37 heavy (non-hydrogen) atoms. The van der Waals surface area contributed by atoms with Gasteiger partial charge in [0, 0.05) is 13.1 Å². The summed E-state index contributed by atoms with van der Waals surface area (Å²) in [4.78, 5) is 27.6. The second-order valence-corrected chi connectivity index (χ2v) is 10.8. The quantitative estimate of drug-likeness (QED) is 0.379. The number of anilines is 1. The highest BCUT2D eigenvalue weighted by Crippen LogP contribution is 2.26. The Hall–Kier alpha value is -3.14. The minimum absolute atomic E-state index is 0.0311. The highest BCUT2D eigenvalue weighted by Gasteiger charge is 2.32. The second kappa shape index (κ2) is 12.4. The van der Waals surface area contributed by atoms with Crippen molar-refractivity contribution in [2.75, 3.05) is 17.4 Å². The van der Waals surface area contributed by atoms with E-state index in [1.807, 2.05) is 0 Å². The number of amides is 2. The summed E-state index contributed by atoms with van der Waals surface area (Å²) in [6, 6.07) is 16.2. The molecule has 11 heteroatoms. The zero-order valence-corrected chi connectivity index (χ0v) is 22.5. The number of rotatable bonds is 10. The van der Waals surface area contributed by atoms with Crippen LogP contribution < -0.4 is 9.62 Å². The molecular formula is C26H26Cl2FN3O4S. The van der Waals surface area contributed by atoms with Crippen LogP contribution in [0.4, 0.5) is 10.1 Å². The zero-order chi connectivity index (χ0) is 27.2. The number of benzene rings is 3. The Balaban J connectivity index is 2.02. The number of nitrogens with zero attached hydrogens (tertiary/aromatic N) is 2. The van der Waals surface area contributed by atoms with E-state index in [1.165, 1.54) is 29.2 Å². The van der Waals surface area contributed by atoms with Crippen molar-refractivity contribution in [1.82, 2.24) is 10.2 Å². The van der Waals surface area contributed by atoms with Gasteiger partial charge in [0.05, 0.1) is 20.6 Å². The fourth-order valence-electron chi connectivity index (χ4n) is 3.60. The van der Waals surface area contributed by atoms with Gasteiger partial charge < -0.3 is 10.2 Å². The molecule has 0 saturated heterocycles. The second-order valence-electron chi connectivity index (χ2n) is 8.14. The molecule has 1 atom stereocenters. The molecule has 0 aliphatic heterocycles. The monoisotopic (exact) mass is 565 g/mol. The molecule has 0 aliphatic rings. The van der Waals surface area contributed by atoms with Gasteiger partial charge in [-0.05, 0) is 67.9 Å². The number of hydrogen-bond acceptors (Lipinski definition) is 4. The SMILES string of the molecule is CCNC(=O)C(C)N(Cc1ccc(Cl)c(Cl)c1)C(=O)CN(c1ccc(F)cc1)S(=O)(=O)c1ccccc1. The summed E-state index contributed by atoms with van der Waals surface area (Å²) in [6.45, 7) is 2.99. The molecule has 3 aromatic carbocycles. The van der Waals surface area contributed by atoms with Gasteiger partial charge >= 0.3 is 0 Å². The summed E-state index contributed by atoms with van der Waals surface area (Å²) in [5.41, 5.74) is 0.692. The Morgan fingerprint density at radius 2 is 1.62 bits per heavy atom. The molecule has 0 aromatic heterocycles. The summed E-state index contributed by atoms with van der Waals surface area (Å²) in [6.07, 6.45) is 0. The summed E-state index contributed by atoms with van der Waals surface area (Å²) >= 11 is 12.2. The van der Waals surface area contributed by atoms with Crippen LogP contribution in [0.2, 0.25) is 10.0 Å². The minimum atomic E-state index is -4.21. The Morgan fingerprint density at radius 1 is 0.973 bits per heavy atom. The van der Waals surface area contributed by atoms with Crippen molar-refractivity contribution in [1.29, 1.82) is 0 Å². The van der Waals surface area contributed by atoms with Crippen molar-refractivity contribution in [3.8, 4) is 0 Å². The van der Waals surface area contributed by atoms with Crippen LogP contribution >= 0.6 is 23.2 Å². The van der Waals surface area contributed by atoms with E-state index in [2.05, 4.69) is 5.32 Å². The molecule has 0 bridgehead atoms. The van der Waals surface area contributed by atoms with Gasteiger partial charge in [-0.1, -0.05) is 47.5 Å². The maximum atomic E-state index is 13.7. The van der Waals surface area contributed by atoms with Crippen LogP contribution in [0.15, 0.2) is 77.7 Å². The largest absolute Gasteiger partial charge is 0.355 e. The third-order valence-corrected chi connectivity index (χ3v) is 8.11. The fraction of sp³-hybridized carbons (Fsp3) is 0.231. The van der Waals surface area contributed by atoms with E-state index in [9.17, 15) is 22.4 Å². The van der Waals surface area contributed by atoms with Crippen molar-refractivity contribution >= 4 is 50.7 Å². The molecular weight excluding hydrogens is 540 g/mol. The zero-order valence-electron chi connectivity index (χ0n) is 20.2. The van der Waals surface area contributed by atoms with Crippen LogP contribution in [0.25, 0.3) is 0 Å². The van der Waals surface area contributed by atoms with Gasteiger partial charge in [-0.3, -0.25) is 13.9 Å². The predicted molar refractivity (Wildman–Crippen MR) is 143 cm³/mol. The molecule has 0 aliphatic carbocycles. The van der Waals surface area contributed by atoms with E-state index < -0.39 is 40.2 Å². The highest BCUT2D eigenvalue weighted by molar-refractivity contribution is 7.92. The Bertz CT molecular complexity index is 1360. The van der Waals surface area contributed by atoms with Crippen LogP contribution in [-0.4, -0.2) is 44.3 Å². The number of nitrogens with one attached hydrogen (secondary N) is 1. The van der Waals surface area contributed by atoms with Crippen molar-refractivity contribution in [2.24, 2.45) is 0 Å². The molecule has 0 radical (unpaired) electrons. The van der Waals surface area contributed by atoms with E-state index in [4.69, 9.17) is 23.2 Å². The van der Waals surface area contributed by atoms with E-state index in [0.29, 0.717) is 17.1 Å². The van der Waals surface area contributed by atoms with Crippen molar-refractivity contribution < 1.29 is 22.4 Å². The van der Waals surface area contributed by atoms with Gasteiger partial charge in [0.15, 0.2) is 0 Å². The topological polar surface area (TPSA) is 86.8 Å². The highest BCUT2D eigenvalue weighted by atomic mass is 35.5. The minimum Gasteiger partial charge on any atom is -0.355 e. The molecule has 1 N–H and O–H groups in total. The number of carbonyl (C=O) groups is 2. The van der Waals surface area contributed by atoms with Crippen LogP contribution in [0.3, 0.4) is 0 Å². The summed E-state index contributed by atoms with van der Waals surface area (Å²) < 4.78 is 41.7. The molecule has 0 saturated carbocycles. The Morgan fingerprint density at radius 3 is 2.22 bits per heavy atom. The molecule has 0 fully saturated rings. The van der Waals surface area contributed by atoms with Crippen LogP contribution in [0, 0.1) is 5.82 Å². The first-order valence-corrected chi connectivity index (χ1v) is 13.6. The molecule has 196 valence electrons. The normalized spacial score (nSPS) is 12.0. The first kappa shape index (κ1) is 28.4. The lowest BCUT2D eigenvalue weighted by atomic mass is 10.1. The molecule has 0 heterocycles. The van der Waals surface area contributed by atoms with E-state index in [1.54, 1.807) is 50.2 Å². The van der Waals surface area contributed by atoms with Gasteiger partial charge in [-0.25, -0.2) is 12.8 Å². The summed E-state index contributed by atoms with van der Waals surface area (Å²) in [5.74, 6) is -1.61. The van der Waals surface area contributed by atoms with Gasteiger partial charge in [0.25, 0.3) is 10.0 Å². The fourth-order valence-corrected chi connectivity index (χ4v) is 5.35. The standard InChI is InChI=1S/C26H26Cl2FN3O4S/c1-3-30-26(34)18(2)31(16-19-9-14-23(27)24(28)15-19)25(33)17-32(21-12-10-20(29)11-13-21)37(35,36)22-7-5-4-6-8-22/h4-15,18H,3,16-17H2,1-2H3,(H,30,34). The van der Waals surface area contributed by atoms with E-state index >= 15 is 0 Å². The molecule has 7 nitrogen and oxygen atoms in total. The average Bonchev–Trinajstić information content (AvgIpc) is 2.88. The molecule has 0 spiro atoms. The molecule has 3 aromatic rings. The molecule has 2 amide bonds. The van der Waals surface area contributed by atoms with Crippen molar-refractivity contribution in [3.05, 3.63) is 94.2 Å². The number of halogens is 3. The summed E-state index contributed by atoms with van der Waals surface area (Å²) in [5, 5.41) is 3.29. The lowest BCUT2D eigenvalue weighted by Crippen LogP contribution is -2.51. The molecule has 3 rings (SSSR count). The van der Waals surface area contributed by atoms with Gasteiger partial charge in [-0.2, -0.15) is 0 Å². The first-order chi connectivity index (χ1) is 17.5. The van der Waals surface area contributed by atoms with Crippen LogP contribution in [0.1, 0.15) is 19.4 Å². The lowest BCUT2D eigenvalue weighted by Gasteiger charge is -2.32. The number of carbonyl (C=O) groups excluding carboxylic acids is 2.